The van der Waals surface area contributed by atoms with E-state index in [1.54, 1.807) is 12.1 Å². The Bertz CT molecular complexity index is 1730. The van der Waals surface area contributed by atoms with E-state index in [2.05, 4.69) is 81.4 Å². The van der Waals surface area contributed by atoms with Gasteiger partial charge in [-0.05, 0) is 61.7 Å². The number of nitrogens with zero attached hydrogens (tertiary/aromatic N) is 4. The van der Waals surface area contributed by atoms with Gasteiger partial charge in [-0.3, -0.25) is 18.7 Å². The lowest BCUT2D eigenvalue weighted by Crippen LogP contribution is -2.35. The number of carbonyl (C=O) groups is 2. The molecule has 0 bridgehead atoms. The van der Waals surface area contributed by atoms with Crippen molar-refractivity contribution >= 4 is 74.6 Å². The lowest BCUT2D eigenvalue weighted by molar-refractivity contribution is -0.396. The summed E-state index contributed by atoms with van der Waals surface area (Å²) < 4.78 is 32.9. The fraction of sp³-hybridized carbons (Fsp3) is 0.452. The number of aryl methyl sites for hydroxylation is 1. The van der Waals surface area contributed by atoms with Gasteiger partial charge in [0.2, 0.25) is 0 Å². The first kappa shape index (κ1) is 41.2. The number of hydrogen-bond donors (Lipinski definition) is 5. The van der Waals surface area contributed by atoms with Crippen molar-refractivity contribution in [3.8, 4) is 0 Å². The van der Waals surface area contributed by atoms with Gasteiger partial charge in [-0.15, -0.1) is 0 Å². The average molecular weight is 848 g/mol. The summed E-state index contributed by atoms with van der Waals surface area (Å²) in [4.78, 5) is 44.3. The molecule has 2 amide bonds. The minimum atomic E-state index is -3.22. The second kappa shape index (κ2) is 19.4. The predicted octanol–water partition coefficient (Wildman–Crippen LogP) is 5.26. The van der Waals surface area contributed by atoms with E-state index in [4.69, 9.17) is 4.52 Å². The minimum absolute atomic E-state index is 0.0564. The molecule has 0 atom stereocenters. The number of anilines is 1. The van der Waals surface area contributed by atoms with Crippen molar-refractivity contribution in [2.24, 2.45) is 7.05 Å². The first-order valence-electron chi connectivity index (χ1n) is 15.8. The number of halogens is 3. The normalized spacial score (nSPS) is 13.3. The van der Waals surface area contributed by atoms with Crippen LogP contribution in [0, 0.1) is 29.8 Å². The third-order valence-electron chi connectivity index (χ3n) is 7.81. The summed E-state index contributed by atoms with van der Waals surface area (Å²) in [5.41, 5.74) is 4.67. The number of amides is 2. The van der Waals surface area contributed by atoms with Gasteiger partial charge in [0.25, 0.3) is 11.8 Å². The van der Waals surface area contributed by atoms with Gasteiger partial charge in [0.05, 0.1) is 18.2 Å². The molecule has 1 aliphatic heterocycles. The number of likely N-dealkylation sites (N-methyl/N-ethyl adjacent to an activating group) is 1. The van der Waals surface area contributed by atoms with E-state index in [0.717, 1.165) is 30.9 Å². The van der Waals surface area contributed by atoms with Crippen LogP contribution in [0.15, 0.2) is 24.4 Å². The molecule has 0 unspecified atom stereocenters. The Morgan fingerprint density at radius 3 is 2.42 bits per heavy atom. The number of nitro groups is 1. The Balaban J connectivity index is 0.000000286. The van der Waals surface area contributed by atoms with Crippen LogP contribution in [-0.2, 0) is 27.5 Å². The molecular formula is C31H43Br2FN9O6P. The van der Waals surface area contributed by atoms with Crippen molar-refractivity contribution in [1.82, 2.24) is 34.9 Å². The fourth-order valence-corrected chi connectivity index (χ4v) is 7.51. The number of hydrogen-bond acceptors (Lipinski definition) is 8. The molecule has 0 saturated carbocycles. The summed E-state index contributed by atoms with van der Waals surface area (Å²) in [5, 5.41) is 23.2. The van der Waals surface area contributed by atoms with Gasteiger partial charge in [-0.1, -0.05) is 50.7 Å². The molecule has 274 valence electrons. The molecule has 50 heavy (non-hydrogen) atoms. The number of benzene rings is 1. The monoisotopic (exact) mass is 845 g/mol. The zero-order valence-corrected chi connectivity index (χ0v) is 32.6. The van der Waals surface area contributed by atoms with Gasteiger partial charge >= 0.3 is 13.6 Å². The summed E-state index contributed by atoms with van der Waals surface area (Å²) in [7, 11) is -1.72. The maximum absolute atomic E-state index is 13.7. The van der Waals surface area contributed by atoms with Gasteiger partial charge in [0.1, 0.15) is 24.3 Å². The Kier molecular flexibility index (Phi) is 16.0. The van der Waals surface area contributed by atoms with Crippen molar-refractivity contribution in [2.45, 2.75) is 34.3 Å². The van der Waals surface area contributed by atoms with Gasteiger partial charge in [-0.25, -0.2) is 19.1 Å². The molecule has 15 nitrogen and oxygen atoms in total. The highest BCUT2D eigenvalue weighted by Gasteiger charge is 2.27. The number of rotatable bonds is 17. The van der Waals surface area contributed by atoms with E-state index in [1.807, 2.05) is 13.8 Å². The van der Waals surface area contributed by atoms with Crippen LogP contribution in [0.25, 0.3) is 11.6 Å². The van der Waals surface area contributed by atoms with Crippen LogP contribution in [0.4, 0.5) is 16.0 Å². The zero-order chi connectivity index (χ0) is 37.0. The summed E-state index contributed by atoms with van der Waals surface area (Å²) in [6.07, 6.45) is 3.01. The Morgan fingerprint density at radius 2 is 1.84 bits per heavy atom. The summed E-state index contributed by atoms with van der Waals surface area (Å²) in [5.74, 6) is -1.12. The van der Waals surface area contributed by atoms with Crippen LogP contribution in [0.5, 0.6) is 0 Å². The number of aromatic amines is 1. The quantitative estimate of drug-likeness (QED) is 0.0395. The van der Waals surface area contributed by atoms with E-state index in [9.17, 15) is 28.7 Å². The first-order chi connectivity index (χ1) is 23.8. The topological polar surface area (TPSA) is 189 Å². The van der Waals surface area contributed by atoms with E-state index < -0.39 is 18.4 Å². The maximum atomic E-state index is 13.7. The zero-order valence-electron chi connectivity index (χ0n) is 28.6. The molecule has 1 aromatic carbocycles. The summed E-state index contributed by atoms with van der Waals surface area (Å²) >= 11 is 6.46. The smallest absolute Gasteiger partial charge is 0.390 e. The Labute approximate surface area is 307 Å². The third-order valence-corrected chi connectivity index (χ3v) is 10.4. The maximum Gasteiger partial charge on any atom is 0.434 e. The van der Waals surface area contributed by atoms with Crippen LogP contribution in [0.1, 0.15) is 52.4 Å². The second-order valence-corrected chi connectivity index (χ2v) is 14.6. The molecular weight excluding hydrogens is 804 g/mol. The lowest BCUT2D eigenvalue weighted by Gasteiger charge is -2.19. The highest BCUT2D eigenvalue weighted by atomic mass is 79.9. The number of imidazole rings is 1. The number of fused-ring (bicyclic) bond motifs is 1. The average Bonchev–Trinajstić information content (AvgIpc) is 3.71. The first-order valence-corrected chi connectivity index (χ1v) is 19.7. The van der Waals surface area contributed by atoms with E-state index in [-0.39, 0.29) is 24.4 Å². The Hall–Kier alpha value is -3.25. The Morgan fingerprint density at radius 1 is 1.18 bits per heavy atom. The molecule has 5 N–H and O–H groups in total. The van der Waals surface area contributed by atoms with Crippen molar-refractivity contribution in [3.63, 3.8) is 0 Å². The highest BCUT2D eigenvalue weighted by molar-refractivity contribution is 9.09. The van der Waals surface area contributed by atoms with E-state index >= 15 is 0 Å². The molecule has 0 fully saturated rings. The van der Waals surface area contributed by atoms with E-state index in [0.29, 0.717) is 64.1 Å². The summed E-state index contributed by atoms with van der Waals surface area (Å²) in [6.45, 7) is 12.0. The van der Waals surface area contributed by atoms with E-state index in [1.165, 1.54) is 29.9 Å². The summed E-state index contributed by atoms with van der Waals surface area (Å²) in [6, 6.07) is 4.20. The number of aromatic nitrogens is 3. The molecule has 3 aromatic rings. The standard InChI is InChI=1S/C22H27FN4O2.C9H16Br2N5O4P/c1-5-27(6-2)10-9-24-22(29)20-13(3)19(25-14(20)4)12-17-16-11-15(23)7-8-18(16)26-21(17)28;1-15-8(6-12-9(15)16(17)18)7-20-21(19,13-4-2-10)14-5-3-11/h7-8,11-12,25H,5-6,9-10H2,1-4H3,(H,24,29)(H,26,28);6H,2-5,7H2,1H3,(H2,13,14,19)/b17-12-;. The molecule has 4 rings (SSSR count). The number of carbonyl (C=O) groups excluding carboxylic acids is 2. The molecule has 0 saturated heterocycles. The molecule has 0 spiro atoms. The SMILES string of the molecule is CCN(CC)CCNC(=O)c1c(C)[nH]c(/C=C2\C(=O)Nc3ccc(F)cc32)c1C.Cn1c(COP(=O)(NCCBr)NCCBr)cnc1[N+](=O)[O-]. The van der Waals surface area contributed by atoms with Crippen molar-refractivity contribution in [2.75, 3.05) is 55.2 Å². The van der Waals surface area contributed by atoms with Crippen LogP contribution >= 0.6 is 39.5 Å². The number of nitrogens with one attached hydrogen (secondary N) is 5. The van der Waals surface area contributed by atoms with Gasteiger partial charge in [-0.2, -0.15) is 0 Å². The van der Waals surface area contributed by atoms with Gasteiger partial charge in [0.15, 0.2) is 0 Å². The van der Waals surface area contributed by atoms with Crippen LogP contribution < -0.4 is 20.8 Å². The molecule has 3 heterocycles. The van der Waals surface area contributed by atoms with Crippen LogP contribution in [-0.4, -0.2) is 86.1 Å². The van der Waals surface area contributed by atoms with Crippen LogP contribution in [0.3, 0.4) is 0 Å². The number of alkyl halides is 2. The fourth-order valence-electron chi connectivity index (χ4n) is 5.08. The molecule has 0 radical (unpaired) electrons. The largest absolute Gasteiger partial charge is 0.434 e. The van der Waals surface area contributed by atoms with Gasteiger partial charge in [0, 0.05) is 59.5 Å². The van der Waals surface area contributed by atoms with Crippen molar-refractivity contribution in [1.29, 1.82) is 0 Å². The molecule has 19 heteroatoms. The lowest BCUT2D eigenvalue weighted by atomic mass is 10.0. The van der Waals surface area contributed by atoms with Gasteiger partial charge < -0.3 is 30.6 Å². The predicted molar refractivity (Wildman–Crippen MR) is 199 cm³/mol. The molecule has 2 aromatic heterocycles. The third kappa shape index (κ3) is 10.9. The molecule has 0 aliphatic carbocycles. The minimum Gasteiger partial charge on any atom is -0.390 e. The van der Waals surface area contributed by atoms with Crippen molar-refractivity contribution in [3.05, 3.63) is 74.1 Å². The molecule has 1 aliphatic rings. The number of H-pyrrole nitrogens is 1. The highest BCUT2D eigenvalue weighted by Crippen LogP contribution is 2.38. The van der Waals surface area contributed by atoms with Crippen LogP contribution in [0.2, 0.25) is 0 Å². The second-order valence-electron chi connectivity index (χ2n) is 11.0. The van der Waals surface area contributed by atoms with Crippen molar-refractivity contribution < 1.29 is 28.0 Å².